The summed E-state index contributed by atoms with van der Waals surface area (Å²) in [5.41, 5.74) is 3.27. The third-order valence-corrected chi connectivity index (χ3v) is 6.43. The molecule has 24 heavy (non-hydrogen) atoms. The molecule has 0 amide bonds. The smallest absolute Gasteiger partial charge is 0.156 e. The highest BCUT2D eigenvalue weighted by Crippen LogP contribution is 2.46. The van der Waals surface area contributed by atoms with Gasteiger partial charge < -0.3 is 5.11 Å². The number of allylic oxidation sites excluding steroid dienone is 1. The van der Waals surface area contributed by atoms with Crippen LogP contribution >= 0.6 is 11.8 Å². The first kappa shape index (κ1) is 19.3. The molecular formula is C21H30O2S. The van der Waals surface area contributed by atoms with Crippen molar-refractivity contribution in [2.75, 3.05) is 5.75 Å². The first-order valence-corrected chi connectivity index (χ1v) is 9.70. The maximum atomic E-state index is 12.4. The summed E-state index contributed by atoms with van der Waals surface area (Å²) >= 11 is 1.79. The second-order valence-electron chi connectivity index (χ2n) is 8.47. The molecule has 0 saturated heterocycles. The van der Waals surface area contributed by atoms with E-state index in [0.29, 0.717) is 0 Å². The fourth-order valence-electron chi connectivity index (χ4n) is 3.82. The topological polar surface area (TPSA) is 37.3 Å². The van der Waals surface area contributed by atoms with Gasteiger partial charge in [-0.05, 0) is 48.1 Å². The maximum absolute atomic E-state index is 12.4. The van der Waals surface area contributed by atoms with Gasteiger partial charge in [0.25, 0.3) is 0 Å². The molecule has 1 aliphatic rings. The Morgan fingerprint density at radius 1 is 1.17 bits per heavy atom. The van der Waals surface area contributed by atoms with Crippen LogP contribution in [0.25, 0.3) is 4.91 Å². The second kappa shape index (κ2) is 7.45. The molecule has 2 rings (SSSR count). The van der Waals surface area contributed by atoms with Crippen molar-refractivity contribution < 1.29 is 9.90 Å². The van der Waals surface area contributed by atoms with Crippen LogP contribution in [0.1, 0.15) is 65.0 Å². The summed E-state index contributed by atoms with van der Waals surface area (Å²) in [5, 5.41) is 9.72. The van der Waals surface area contributed by atoms with Crippen LogP contribution < -0.4 is 0 Å². The molecule has 1 aromatic carbocycles. The largest absolute Gasteiger partial charge is 0.392 e. The van der Waals surface area contributed by atoms with E-state index >= 15 is 0 Å². The summed E-state index contributed by atoms with van der Waals surface area (Å²) in [4.78, 5) is 13.5. The van der Waals surface area contributed by atoms with Crippen LogP contribution in [0, 0.1) is 10.8 Å². The number of carbonyl (C=O) groups excluding carboxylic acids is 1. The van der Waals surface area contributed by atoms with E-state index in [0.717, 1.165) is 46.6 Å². The van der Waals surface area contributed by atoms with Gasteiger partial charge in [0.05, 0.1) is 6.61 Å². The number of aliphatic hydroxyl groups excluding tert-OH is 1. The lowest BCUT2D eigenvalue weighted by Crippen LogP contribution is -2.24. The van der Waals surface area contributed by atoms with Crippen molar-refractivity contribution in [2.24, 2.45) is 10.8 Å². The fraction of sp³-hybridized carbons (Fsp3) is 0.571. The van der Waals surface area contributed by atoms with E-state index in [2.05, 4.69) is 27.7 Å². The summed E-state index contributed by atoms with van der Waals surface area (Å²) < 4.78 is 0. The zero-order valence-corrected chi connectivity index (χ0v) is 16.4. The number of Topliss-reactive ketones (excluding diaryl/α,β-unsaturated/α-hetero) is 1. The van der Waals surface area contributed by atoms with Crippen molar-refractivity contribution in [3.8, 4) is 0 Å². The van der Waals surface area contributed by atoms with E-state index in [1.165, 1.54) is 0 Å². The van der Waals surface area contributed by atoms with Gasteiger partial charge in [-0.1, -0.05) is 52.0 Å². The Bertz CT molecular complexity index is 641. The minimum atomic E-state index is 0.000302. The van der Waals surface area contributed by atoms with E-state index in [9.17, 15) is 9.90 Å². The Kier molecular flexibility index (Phi) is 5.98. The standard InChI is InChI=1S/C21H30O2S/c1-15(23)17-10-11-20(2,3)13-21(4,5)14-24-19(17)18-9-7-6-8-16(18)12-22/h6-9,22H,10-14H2,1-5H3/b19-17+. The Hall–Kier alpha value is -1.06. The molecule has 1 N–H and O–H groups in total. The summed E-state index contributed by atoms with van der Waals surface area (Å²) in [6.45, 7) is 10.9. The molecule has 0 radical (unpaired) electrons. The molecule has 0 atom stereocenters. The van der Waals surface area contributed by atoms with Crippen LogP contribution in [0.5, 0.6) is 0 Å². The van der Waals surface area contributed by atoms with Crippen LogP contribution in [-0.2, 0) is 11.4 Å². The number of carbonyl (C=O) groups is 1. The monoisotopic (exact) mass is 346 g/mol. The Balaban J connectivity index is 2.57. The number of ketones is 1. The summed E-state index contributed by atoms with van der Waals surface area (Å²) in [6, 6.07) is 7.91. The van der Waals surface area contributed by atoms with Crippen molar-refractivity contribution in [1.29, 1.82) is 0 Å². The predicted molar refractivity (Wildman–Crippen MR) is 104 cm³/mol. The van der Waals surface area contributed by atoms with E-state index in [-0.39, 0.29) is 23.2 Å². The van der Waals surface area contributed by atoms with Gasteiger partial charge in [-0.2, -0.15) is 0 Å². The average Bonchev–Trinajstić information content (AvgIpc) is 2.52. The number of rotatable bonds is 3. The molecule has 0 aliphatic carbocycles. The predicted octanol–water partition coefficient (Wildman–Crippen LogP) is 5.45. The summed E-state index contributed by atoms with van der Waals surface area (Å²) in [5.74, 6) is 1.13. The average molecular weight is 347 g/mol. The van der Waals surface area contributed by atoms with Crippen molar-refractivity contribution >= 4 is 22.5 Å². The van der Waals surface area contributed by atoms with Crippen molar-refractivity contribution in [3.05, 3.63) is 41.0 Å². The lowest BCUT2D eigenvalue weighted by Gasteiger charge is -2.34. The van der Waals surface area contributed by atoms with Crippen LogP contribution in [0.2, 0.25) is 0 Å². The van der Waals surface area contributed by atoms with Gasteiger partial charge in [-0.15, -0.1) is 11.8 Å². The van der Waals surface area contributed by atoms with Crippen molar-refractivity contribution in [3.63, 3.8) is 0 Å². The fourth-order valence-corrected chi connectivity index (χ4v) is 5.23. The highest BCUT2D eigenvalue weighted by atomic mass is 32.2. The first-order valence-electron chi connectivity index (χ1n) is 8.71. The molecule has 132 valence electrons. The van der Waals surface area contributed by atoms with Gasteiger partial charge in [-0.3, -0.25) is 4.79 Å². The van der Waals surface area contributed by atoms with Crippen LogP contribution in [0.4, 0.5) is 0 Å². The molecular weight excluding hydrogens is 316 g/mol. The van der Waals surface area contributed by atoms with Gasteiger partial charge in [0.15, 0.2) is 5.78 Å². The molecule has 0 bridgehead atoms. The number of aliphatic hydroxyl groups is 1. The van der Waals surface area contributed by atoms with Gasteiger partial charge in [-0.25, -0.2) is 0 Å². The highest BCUT2D eigenvalue weighted by molar-refractivity contribution is 8.08. The summed E-state index contributed by atoms with van der Waals surface area (Å²) in [6.07, 6.45) is 2.96. The number of thioether (sulfide) groups is 1. The Labute approximate surface area is 150 Å². The van der Waals surface area contributed by atoms with E-state index in [1.807, 2.05) is 24.3 Å². The number of hydrogen-bond acceptors (Lipinski definition) is 3. The SMILES string of the molecule is CC(=O)/C1=C(\c2ccccc2CO)SCC(C)(C)CC(C)(C)CC1. The molecule has 0 fully saturated rings. The van der Waals surface area contributed by atoms with E-state index < -0.39 is 0 Å². The van der Waals surface area contributed by atoms with Gasteiger partial charge >= 0.3 is 0 Å². The van der Waals surface area contributed by atoms with Crippen LogP contribution in [0.15, 0.2) is 29.8 Å². The minimum Gasteiger partial charge on any atom is -0.392 e. The molecule has 1 aromatic rings. The molecule has 1 aliphatic heterocycles. The van der Waals surface area contributed by atoms with Gasteiger partial charge in [0.2, 0.25) is 0 Å². The third kappa shape index (κ3) is 4.73. The quantitative estimate of drug-likeness (QED) is 0.791. The van der Waals surface area contributed by atoms with E-state index in [1.54, 1.807) is 18.7 Å². The lowest BCUT2D eigenvalue weighted by molar-refractivity contribution is -0.113. The number of benzene rings is 1. The molecule has 2 nitrogen and oxygen atoms in total. The second-order valence-corrected chi connectivity index (χ2v) is 9.46. The summed E-state index contributed by atoms with van der Waals surface area (Å²) in [7, 11) is 0. The molecule has 0 spiro atoms. The molecule has 1 heterocycles. The third-order valence-electron chi connectivity index (χ3n) is 4.75. The van der Waals surface area contributed by atoms with Crippen molar-refractivity contribution in [1.82, 2.24) is 0 Å². The van der Waals surface area contributed by atoms with E-state index in [4.69, 9.17) is 0 Å². The van der Waals surface area contributed by atoms with Gasteiger partial charge in [0, 0.05) is 16.2 Å². The maximum Gasteiger partial charge on any atom is 0.156 e. The van der Waals surface area contributed by atoms with Crippen LogP contribution in [-0.4, -0.2) is 16.6 Å². The van der Waals surface area contributed by atoms with Crippen LogP contribution in [0.3, 0.4) is 0 Å². The first-order chi connectivity index (χ1) is 11.2. The molecule has 0 aromatic heterocycles. The molecule has 3 heteroatoms. The minimum absolute atomic E-state index is 0.000302. The van der Waals surface area contributed by atoms with Gasteiger partial charge in [0.1, 0.15) is 0 Å². The highest BCUT2D eigenvalue weighted by Gasteiger charge is 2.32. The number of hydrogen-bond donors (Lipinski definition) is 1. The Morgan fingerprint density at radius 3 is 2.46 bits per heavy atom. The lowest BCUT2D eigenvalue weighted by atomic mass is 9.73. The Morgan fingerprint density at radius 2 is 1.83 bits per heavy atom. The zero-order chi connectivity index (χ0) is 18.0. The molecule has 0 saturated carbocycles. The normalized spacial score (nSPS) is 23.9. The molecule has 0 unspecified atom stereocenters. The zero-order valence-electron chi connectivity index (χ0n) is 15.6. The van der Waals surface area contributed by atoms with Crippen molar-refractivity contribution in [2.45, 2.75) is 60.5 Å².